The molecular weight excluding hydrogens is 231 g/mol. The minimum Gasteiger partial charge on any atom is -0.494 e. The number of nitrogens with two attached hydrogens (primary N) is 1. The molecule has 1 aliphatic rings. The molecule has 2 rings (SSSR count). The first-order valence-corrected chi connectivity index (χ1v) is 6.39. The summed E-state index contributed by atoms with van der Waals surface area (Å²) in [5.41, 5.74) is 7.29. The van der Waals surface area contributed by atoms with Crippen molar-refractivity contribution in [2.45, 2.75) is 20.3 Å². The monoisotopic (exact) mass is 252 g/mol. The number of hydrogen-bond acceptors (Lipinski definition) is 3. The summed E-state index contributed by atoms with van der Waals surface area (Å²) < 4.78 is 18.6. The second-order valence-electron chi connectivity index (χ2n) is 5.40. The van der Waals surface area contributed by atoms with Gasteiger partial charge in [0.05, 0.1) is 18.5 Å². The van der Waals surface area contributed by atoms with Crippen LogP contribution in [0.1, 0.15) is 20.3 Å². The fraction of sp³-hybridized carbons (Fsp3) is 0.571. The maximum absolute atomic E-state index is 13.5. The Bertz CT molecular complexity index is 426. The minimum absolute atomic E-state index is 0.255. The molecule has 0 spiro atoms. The smallest absolute Gasteiger partial charge is 0.167 e. The van der Waals surface area contributed by atoms with Gasteiger partial charge in [0.1, 0.15) is 0 Å². The number of hydrogen-bond donors (Lipinski definition) is 1. The molecule has 2 unspecified atom stereocenters. The Hall–Kier alpha value is -1.45. The zero-order chi connectivity index (χ0) is 13.3. The van der Waals surface area contributed by atoms with Gasteiger partial charge < -0.3 is 15.4 Å². The van der Waals surface area contributed by atoms with Gasteiger partial charge in [0, 0.05) is 25.2 Å². The summed E-state index contributed by atoms with van der Waals surface area (Å²) >= 11 is 0. The molecule has 2 atom stereocenters. The van der Waals surface area contributed by atoms with E-state index in [0.29, 0.717) is 17.5 Å². The van der Waals surface area contributed by atoms with E-state index in [-0.39, 0.29) is 5.75 Å². The van der Waals surface area contributed by atoms with Gasteiger partial charge in [0.15, 0.2) is 11.6 Å². The Morgan fingerprint density at radius 2 is 1.89 bits per heavy atom. The average Bonchev–Trinajstić information content (AvgIpc) is 2.27. The van der Waals surface area contributed by atoms with Crippen molar-refractivity contribution in [3.63, 3.8) is 0 Å². The second-order valence-corrected chi connectivity index (χ2v) is 5.40. The third-order valence-corrected chi connectivity index (χ3v) is 3.51. The van der Waals surface area contributed by atoms with Gasteiger partial charge >= 0.3 is 0 Å². The number of anilines is 2. The topological polar surface area (TPSA) is 38.5 Å². The van der Waals surface area contributed by atoms with E-state index in [2.05, 4.69) is 18.7 Å². The van der Waals surface area contributed by atoms with E-state index in [1.807, 2.05) is 0 Å². The summed E-state index contributed by atoms with van der Waals surface area (Å²) in [6, 6.07) is 3.05. The molecule has 1 saturated heterocycles. The molecule has 100 valence electrons. The summed E-state index contributed by atoms with van der Waals surface area (Å²) in [6.45, 7) is 6.39. The molecule has 1 aromatic carbocycles. The summed E-state index contributed by atoms with van der Waals surface area (Å²) in [5.74, 6) is 1.11. The van der Waals surface area contributed by atoms with Crippen molar-refractivity contribution in [1.82, 2.24) is 0 Å². The quantitative estimate of drug-likeness (QED) is 0.822. The molecule has 0 aliphatic carbocycles. The Balaban J connectivity index is 2.32. The van der Waals surface area contributed by atoms with E-state index in [9.17, 15) is 4.39 Å². The van der Waals surface area contributed by atoms with Crippen LogP contribution < -0.4 is 15.4 Å². The molecule has 3 nitrogen and oxygen atoms in total. The number of benzene rings is 1. The normalized spacial score (nSPS) is 24.1. The van der Waals surface area contributed by atoms with Crippen molar-refractivity contribution in [2.24, 2.45) is 11.8 Å². The summed E-state index contributed by atoms with van der Waals surface area (Å²) in [5, 5.41) is 0. The number of nitrogen functional groups attached to an aromatic ring is 1. The van der Waals surface area contributed by atoms with Crippen LogP contribution in [0.25, 0.3) is 0 Å². The molecule has 4 heteroatoms. The van der Waals surface area contributed by atoms with Gasteiger partial charge in [-0.1, -0.05) is 13.8 Å². The van der Waals surface area contributed by atoms with Crippen LogP contribution in [-0.2, 0) is 0 Å². The fourth-order valence-corrected chi connectivity index (χ4v) is 2.85. The maximum atomic E-state index is 13.5. The highest BCUT2D eigenvalue weighted by Gasteiger charge is 2.24. The lowest BCUT2D eigenvalue weighted by Crippen LogP contribution is -2.39. The van der Waals surface area contributed by atoms with E-state index >= 15 is 0 Å². The van der Waals surface area contributed by atoms with Gasteiger partial charge in [0.25, 0.3) is 0 Å². The molecule has 1 fully saturated rings. The molecule has 18 heavy (non-hydrogen) atoms. The standard InChI is InChI=1S/C14H21FN2O/c1-9-4-10(2)8-17(7-9)13-6-14(18-3)11(15)5-12(13)16/h5-6,9-10H,4,7-8,16H2,1-3H3. The molecule has 0 radical (unpaired) electrons. The third-order valence-electron chi connectivity index (χ3n) is 3.51. The van der Waals surface area contributed by atoms with Crippen LogP contribution in [-0.4, -0.2) is 20.2 Å². The van der Waals surface area contributed by atoms with Gasteiger partial charge in [-0.3, -0.25) is 0 Å². The number of nitrogens with zero attached hydrogens (tertiary/aromatic N) is 1. The lowest BCUT2D eigenvalue weighted by atomic mass is 9.91. The van der Waals surface area contributed by atoms with E-state index in [4.69, 9.17) is 10.5 Å². The summed E-state index contributed by atoms with van der Waals surface area (Å²) in [7, 11) is 1.47. The third kappa shape index (κ3) is 2.52. The molecule has 1 aliphatic heterocycles. The van der Waals surface area contributed by atoms with Crippen LogP contribution in [0.4, 0.5) is 15.8 Å². The molecular formula is C14H21FN2O. The van der Waals surface area contributed by atoms with Crippen molar-refractivity contribution in [3.8, 4) is 5.75 Å². The largest absolute Gasteiger partial charge is 0.494 e. The first-order valence-electron chi connectivity index (χ1n) is 6.39. The fourth-order valence-electron chi connectivity index (χ4n) is 2.85. The van der Waals surface area contributed by atoms with Gasteiger partial charge in [-0.05, 0) is 18.3 Å². The molecule has 2 N–H and O–H groups in total. The Morgan fingerprint density at radius 1 is 1.28 bits per heavy atom. The Kier molecular flexibility index (Phi) is 3.64. The van der Waals surface area contributed by atoms with Gasteiger partial charge in [-0.15, -0.1) is 0 Å². The molecule has 0 bridgehead atoms. The van der Waals surface area contributed by atoms with Gasteiger partial charge in [-0.2, -0.15) is 0 Å². The predicted octanol–water partition coefficient (Wildman–Crippen LogP) is 2.90. The second kappa shape index (κ2) is 5.04. The first-order chi connectivity index (χ1) is 8.51. The average molecular weight is 252 g/mol. The van der Waals surface area contributed by atoms with Crippen molar-refractivity contribution in [1.29, 1.82) is 0 Å². The highest BCUT2D eigenvalue weighted by Crippen LogP contribution is 2.34. The van der Waals surface area contributed by atoms with Crippen LogP contribution in [0.3, 0.4) is 0 Å². The number of ether oxygens (including phenoxy) is 1. The number of methoxy groups -OCH3 is 1. The van der Waals surface area contributed by atoms with Crippen LogP contribution in [0.5, 0.6) is 5.75 Å². The Morgan fingerprint density at radius 3 is 2.44 bits per heavy atom. The SMILES string of the molecule is COc1cc(N2CC(C)CC(C)C2)c(N)cc1F. The van der Waals surface area contributed by atoms with Crippen LogP contribution in [0.2, 0.25) is 0 Å². The minimum atomic E-state index is -0.406. The lowest BCUT2D eigenvalue weighted by Gasteiger charge is -2.37. The molecule has 1 heterocycles. The van der Waals surface area contributed by atoms with Crippen molar-refractivity contribution >= 4 is 11.4 Å². The number of rotatable bonds is 2. The molecule has 0 amide bonds. The lowest BCUT2D eigenvalue weighted by molar-refractivity contribution is 0.355. The maximum Gasteiger partial charge on any atom is 0.167 e. The summed E-state index contributed by atoms with van der Waals surface area (Å²) in [6.07, 6.45) is 1.23. The van der Waals surface area contributed by atoms with Gasteiger partial charge in [0.2, 0.25) is 0 Å². The predicted molar refractivity (Wildman–Crippen MR) is 72.5 cm³/mol. The van der Waals surface area contributed by atoms with Crippen LogP contribution >= 0.6 is 0 Å². The highest BCUT2D eigenvalue weighted by molar-refractivity contribution is 5.70. The first kappa shape index (κ1) is 13.0. The van der Waals surface area contributed by atoms with E-state index in [1.54, 1.807) is 6.07 Å². The van der Waals surface area contributed by atoms with E-state index in [0.717, 1.165) is 18.8 Å². The van der Waals surface area contributed by atoms with Crippen LogP contribution in [0.15, 0.2) is 12.1 Å². The van der Waals surface area contributed by atoms with Gasteiger partial charge in [-0.25, -0.2) is 4.39 Å². The zero-order valence-corrected chi connectivity index (χ0v) is 11.2. The van der Waals surface area contributed by atoms with Crippen molar-refractivity contribution < 1.29 is 9.13 Å². The van der Waals surface area contributed by atoms with E-state index < -0.39 is 5.82 Å². The Labute approximate surface area is 108 Å². The molecule has 0 aromatic heterocycles. The highest BCUT2D eigenvalue weighted by atomic mass is 19.1. The summed E-state index contributed by atoms with van der Waals surface area (Å²) in [4.78, 5) is 2.23. The molecule has 1 aromatic rings. The van der Waals surface area contributed by atoms with Crippen molar-refractivity contribution in [3.05, 3.63) is 17.9 Å². The number of halogens is 1. The molecule has 0 saturated carbocycles. The zero-order valence-electron chi connectivity index (χ0n) is 11.2. The van der Waals surface area contributed by atoms with Crippen molar-refractivity contribution in [2.75, 3.05) is 30.8 Å². The van der Waals surface area contributed by atoms with E-state index in [1.165, 1.54) is 19.6 Å². The van der Waals surface area contributed by atoms with Crippen LogP contribution in [0, 0.1) is 17.7 Å². The number of piperidine rings is 1.